The van der Waals surface area contributed by atoms with Crippen LogP contribution >= 0.6 is 0 Å². The average Bonchev–Trinajstić information content (AvgIpc) is 2.97. The molecule has 218 valence electrons. The molecule has 2 aliphatic rings. The molecule has 0 aliphatic heterocycles. The molecule has 0 aromatic heterocycles. The smallest absolute Gasteiger partial charge is 0.166 e. The number of benzene rings is 2. The van der Waals surface area contributed by atoms with Crippen LogP contribution in [0.15, 0.2) is 49.1 Å². The molecule has 2 aromatic rings. The molecule has 0 amide bonds. The molecule has 0 radical (unpaired) electrons. The van der Waals surface area contributed by atoms with E-state index in [0.29, 0.717) is 23.5 Å². The fourth-order valence-electron chi connectivity index (χ4n) is 6.17. The summed E-state index contributed by atoms with van der Waals surface area (Å²) in [6, 6.07) is 8.68. The molecular formula is C35H45F3O2. The number of rotatable bonds is 13. The second-order valence-electron chi connectivity index (χ2n) is 11.5. The van der Waals surface area contributed by atoms with Crippen molar-refractivity contribution in [2.45, 2.75) is 102 Å². The molecule has 5 heteroatoms. The Bertz CT molecular complexity index is 1110. The van der Waals surface area contributed by atoms with E-state index in [-0.39, 0.29) is 29.7 Å². The van der Waals surface area contributed by atoms with E-state index in [9.17, 15) is 4.39 Å². The van der Waals surface area contributed by atoms with Crippen molar-refractivity contribution in [3.05, 3.63) is 83.2 Å². The summed E-state index contributed by atoms with van der Waals surface area (Å²) < 4.78 is 56.5. The lowest BCUT2D eigenvalue weighted by molar-refractivity contribution is 0.0230. The fourth-order valence-corrected chi connectivity index (χ4v) is 6.17. The highest BCUT2D eigenvalue weighted by molar-refractivity contribution is 5.52. The third-order valence-corrected chi connectivity index (χ3v) is 8.66. The summed E-state index contributed by atoms with van der Waals surface area (Å²) in [5, 5.41) is 0. The van der Waals surface area contributed by atoms with Crippen LogP contribution in [-0.2, 0) is 4.74 Å². The van der Waals surface area contributed by atoms with Gasteiger partial charge in [0.1, 0.15) is 11.6 Å². The number of unbranched alkanes of at least 4 members (excludes halogenated alkanes) is 2. The molecule has 0 heterocycles. The molecule has 2 aliphatic carbocycles. The van der Waals surface area contributed by atoms with Gasteiger partial charge in [0.15, 0.2) is 11.6 Å². The zero-order valence-corrected chi connectivity index (χ0v) is 24.0. The van der Waals surface area contributed by atoms with Crippen molar-refractivity contribution >= 4 is 6.08 Å². The van der Waals surface area contributed by atoms with Gasteiger partial charge in [-0.1, -0.05) is 49.8 Å². The summed E-state index contributed by atoms with van der Waals surface area (Å²) in [5.41, 5.74) is 1.54. The standard InChI is InChI=1S/C35H45F3O2/c1-3-5-7-23-40-30-19-21-31(33(36)24-30)26-11-8-25(9-12-26)10-13-28-16-20-32(35(38)34(28)37)27-14-17-29(18-15-27)39-22-6-4-2/h3,10,13,16,19-21,24-27,29H,1,4-9,11-12,14-15,17-18,22-23H2,2H3/b13-10+. The molecule has 4 rings (SSSR count). The number of ether oxygens (including phenoxy) is 2. The largest absolute Gasteiger partial charge is 0.493 e. The maximum Gasteiger partial charge on any atom is 0.166 e. The summed E-state index contributed by atoms with van der Waals surface area (Å²) in [4.78, 5) is 0. The Hall–Kier alpha value is -2.53. The quantitative estimate of drug-likeness (QED) is 0.181. The summed E-state index contributed by atoms with van der Waals surface area (Å²) in [6.45, 7) is 7.18. The Morgan fingerprint density at radius 1 is 0.825 bits per heavy atom. The lowest BCUT2D eigenvalue weighted by Crippen LogP contribution is -2.22. The molecule has 0 atom stereocenters. The van der Waals surface area contributed by atoms with Gasteiger partial charge in [-0.3, -0.25) is 0 Å². The summed E-state index contributed by atoms with van der Waals surface area (Å²) in [6.07, 6.45) is 16.7. The van der Waals surface area contributed by atoms with Gasteiger partial charge in [-0.15, -0.1) is 6.58 Å². The zero-order valence-electron chi connectivity index (χ0n) is 24.0. The maximum atomic E-state index is 15.1. The van der Waals surface area contributed by atoms with Crippen molar-refractivity contribution < 1.29 is 22.6 Å². The molecule has 40 heavy (non-hydrogen) atoms. The van der Waals surface area contributed by atoms with Crippen LogP contribution in [0.4, 0.5) is 13.2 Å². The Labute approximate surface area is 238 Å². The summed E-state index contributed by atoms with van der Waals surface area (Å²) in [7, 11) is 0. The molecular weight excluding hydrogens is 509 g/mol. The van der Waals surface area contributed by atoms with E-state index >= 15 is 8.78 Å². The van der Waals surface area contributed by atoms with Crippen molar-refractivity contribution in [3.8, 4) is 5.75 Å². The van der Waals surface area contributed by atoms with Gasteiger partial charge in [-0.05, 0) is 106 Å². The van der Waals surface area contributed by atoms with Crippen molar-refractivity contribution in [1.29, 1.82) is 0 Å². The Balaban J connectivity index is 1.27. The summed E-state index contributed by atoms with van der Waals surface area (Å²) in [5.74, 6) is -0.617. The summed E-state index contributed by atoms with van der Waals surface area (Å²) >= 11 is 0. The fraction of sp³-hybridized carbons (Fsp3) is 0.543. The van der Waals surface area contributed by atoms with E-state index in [4.69, 9.17) is 9.47 Å². The van der Waals surface area contributed by atoms with Crippen LogP contribution in [0.2, 0.25) is 0 Å². The van der Waals surface area contributed by atoms with Crippen LogP contribution < -0.4 is 4.74 Å². The molecule has 0 bridgehead atoms. The lowest BCUT2D eigenvalue weighted by Gasteiger charge is -2.29. The SMILES string of the molecule is C=CCCCOc1ccc(C2CCC(/C=C/c3ccc(C4CCC(OCCCC)CC4)c(F)c3F)CC2)c(F)c1. The monoisotopic (exact) mass is 554 g/mol. The number of hydrogen-bond donors (Lipinski definition) is 0. The average molecular weight is 555 g/mol. The third kappa shape index (κ3) is 8.25. The molecule has 0 unspecified atom stereocenters. The first-order chi connectivity index (χ1) is 19.5. The van der Waals surface area contributed by atoms with Crippen LogP contribution in [0, 0.1) is 23.4 Å². The van der Waals surface area contributed by atoms with Gasteiger partial charge >= 0.3 is 0 Å². The van der Waals surface area contributed by atoms with Gasteiger partial charge < -0.3 is 9.47 Å². The van der Waals surface area contributed by atoms with E-state index < -0.39 is 11.6 Å². The minimum atomic E-state index is -0.752. The second-order valence-corrected chi connectivity index (χ2v) is 11.5. The van der Waals surface area contributed by atoms with Gasteiger partial charge in [0.05, 0.1) is 12.7 Å². The van der Waals surface area contributed by atoms with Gasteiger partial charge in [0.2, 0.25) is 0 Å². The molecule has 0 spiro atoms. The molecule has 2 saturated carbocycles. The highest BCUT2D eigenvalue weighted by Crippen LogP contribution is 2.39. The first-order valence-corrected chi connectivity index (χ1v) is 15.3. The third-order valence-electron chi connectivity index (χ3n) is 8.66. The molecule has 2 nitrogen and oxygen atoms in total. The van der Waals surface area contributed by atoms with E-state index in [0.717, 1.165) is 89.2 Å². The minimum Gasteiger partial charge on any atom is -0.493 e. The van der Waals surface area contributed by atoms with E-state index in [2.05, 4.69) is 13.5 Å². The number of halogens is 3. The number of allylic oxidation sites excluding steroid dienone is 2. The van der Waals surface area contributed by atoms with Gasteiger partial charge in [0, 0.05) is 18.2 Å². The first-order valence-electron chi connectivity index (χ1n) is 15.3. The Kier molecular flexibility index (Phi) is 11.8. The highest BCUT2D eigenvalue weighted by Gasteiger charge is 2.27. The molecule has 2 aromatic carbocycles. The van der Waals surface area contributed by atoms with Crippen molar-refractivity contribution in [1.82, 2.24) is 0 Å². The molecule has 0 N–H and O–H groups in total. The minimum absolute atomic E-state index is 0.0483. The lowest BCUT2D eigenvalue weighted by atomic mass is 9.78. The maximum absolute atomic E-state index is 15.1. The topological polar surface area (TPSA) is 18.5 Å². The van der Waals surface area contributed by atoms with Crippen molar-refractivity contribution in [2.75, 3.05) is 13.2 Å². The molecule has 2 fully saturated rings. The number of hydrogen-bond acceptors (Lipinski definition) is 2. The molecule has 0 saturated heterocycles. The van der Waals surface area contributed by atoms with Crippen molar-refractivity contribution in [3.63, 3.8) is 0 Å². The zero-order chi connectivity index (χ0) is 28.3. The van der Waals surface area contributed by atoms with Gasteiger partial charge in [-0.25, -0.2) is 13.2 Å². The van der Waals surface area contributed by atoms with Gasteiger partial charge in [0.25, 0.3) is 0 Å². The first kappa shape index (κ1) is 30.4. The van der Waals surface area contributed by atoms with E-state index in [1.54, 1.807) is 18.2 Å². The van der Waals surface area contributed by atoms with Crippen LogP contribution in [0.3, 0.4) is 0 Å². The van der Waals surface area contributed by atoms with E-state index in [1.165, 1.54) is 6.07 Å². The van der Waals surface area contributed by atoms with Crippen LogP contribution in [0.25, 0.3) is 6.08 Å². The predicted octanol–water partition coefficient (Wildman–Crippen LogP) is 10.3. The van der Waals surface area contributed by atoms with E-state index in [1.807, 2.05) is 24.3 Å². The van der Waals surface area contributed by atoms with Crippen LogP contribution in [0.1, 0.15) is 112 Å². The van der Waals surface area contributed by atoms with Crippen LogP contribution in [0.5, 0.6) is 5.75 Å². The van der Waals surface area contributed by atoms with Crippen LogP contribution in [-0.4, -0.2) is 19.3 Å². The highest BCUT2D eigenvalue weighted by atomic mass is 19.2. The van der Waals surface area contributed by atoms with Gasteiger partial charge in [-0.2, -0.15) is 0 Å². The normalized spacial score (nSPS) is 23.4. The predicted molar refractivity (Wildman–Crippen MR) is 157 cm³/mol. The Morgan fingerprint density at radius 2 is 1.52 bits per heavy atom. The van der Waals surface area contributed by atoms with Crippen molar-refractivity contribution in [2.24, 2.45) is 5.92 Å². The second kappa shape index (κ2) is 15.5. The Morgan fingerprint density at radius 3 is 2.23 bits per heavy atom.